The topological polar surface area (TPSA) is 110 Å². The van der Waals surface area contributed by atoms with Crippen molar-refractivity contribution in [2.75, 3.05) is 16.2 Å². The van der Waals surface area contributed by atoms with Crippen molar-refractivity contribution in [3.63, 3.8) is 0 Å². The summed E-state index contributed by atoms with van der Waals surface area (Å²) in [6.45, 7) is 3.66. The van der Waals surface area contributed by atoms with Gasteiger partial charge in [-0.1, -0.05) is 24.3 Å². The number of hydrogen-bond acceptors (Lipinski definition) is 5. The number of primary amides is 1. The van der Waals surface area contributed by atoms with Crippen LogP contribution in [0.15, 0.2) is 64.9 Å². The first kappa shape index (κ1) is 21.5. The lowest BCUT2D eigenvalue weighted by Gasteiger charge is -2.24. The van der Waals surface area contributed by atoms with E-state index in [1.807, 2.05) is 6.07 Å². The molecule has 3 rings (SSSR count). The summed E-state index contributed by atoms with van der Waals surface area (Å²) in [4.78, 5) is 24.2. The Hall–Kier alpha value is -3.17. The Kier molecular flexibility index (Phi) is 6.23. The van der Waals surface area contributed by atoms with Crippen LogP contribution in [-0.4, -0.2) is 26.8 Å². The Labute approximate surface area is 179 Å². The predicted octanol–water partition coefficient (Wildman–Crippen LogP) is 3.62. The third-order valence-corrected chi connectivity index (χ3v) is 7.38. The van der Waals surface area contributed by atoms with Crippen molar-refractivity contribution in [2.24, 2.45) is 5.73 Å². The number of para-hydroxylation sites is 1. The van der Waals surface area contributed by atoms with Gasteiger partial charge in [0.25, 0.3) is 21.8 Å². The van der Waals surface area contributed by atoms with E-state index >= 15 is 0 Å². The van der Waals surface area contributed by atoms with E-state index in [-0.39, 0.29) is 22.6 Å². The first-order valence-corrected chi connectivity index (χ1v) is 11.4. The molecule has 0 atom stereocenters. The van der Waals surface area contributed by atoms with Crippen molar-refractivity contribution in [3.8, 4) is 0 Å². The van der Waals surface area contributed by atoms with Gasteiger partial charge in [0.15, 0.2) is 0 Å². The number of nitrogens with zero attached hydrogens (tertiary/aromatic N) is 1. The maximum atomic E-state index is 13.4. The Morgan fingerprint density at radius 1 is 1.10 bits per heavy atom. The second kappa shape index (κ2) is 8.68. The fraction of sp³-hybridized carbons (Fsp3) is 0.143. The molecule has 0 aliphatic heterocycles. The summed E-state index contributed by atoms with van der Waals surface area (Å²) in [5.41, 5.74) is 6.74. The average molecular weight is 444 g/mol. The van der Waals surface area contributed by atoms with Gasteiger partial charge in [0.1, 0.15) is 5.00 Å². The normalized spacial score (nSPS) is 11.1. The van der Waals surface area contributed by atoms with E-state index in [0.29, 0.717) is 16.3 Å². The monoisotopic (exact) mass is 443 g/mol. The lowest BCUT2D eigenvalue weighted by Crippen LogP contribution is -2.31. The molecule has 0 spiro atoms. The number of aryl methyl sites for hydroxylation is 1. The number of benzene rings is 2. The summed E-state index contributed by atoms with van der Waals surface area (Å²) in [5.74, 6) is -1.18. The summed E-state index contributed by atoms with van der Waals surface area (Å²) < 4.78 is 28.0. The van der Waals surface area contributed by atoms with Crippen molar-refractivity contribution < 1.29 is 18.0 Å². The molecule has 0 unspecified atom stereocenters. The Morgan fingerprint density at radius 2 is 1.80 bits per heavy atom. The maximum Gasteiger partial charge on any atom is 0.264 e. The number of nitrogens with one attached hydrogen (secondary N) is 1. The minimum atomic E-state index is -3.89. The fourth-order valence-electron chi connectivity index (χ4n) is 3.00. The molecule has 9 heteroatoms. The second-order valence-electron chi connectivity index (χ2n) is 6.47. The summed E-state index contributed by atoms with van der Waals surface area (Å²) in [6.07, 6.45) is 0. The predicted molar refractivity (Wildman–Crippen MR) is 119 cm³/mol. The molecule has 0 fully saturated rings. The van der Waals surface area contributed by atoms with Crippen LogP contribution in [0.2, 0.25) is 0 Å². The van der Waals surface area contributed by atoms with E-state index in [2.05, 4.69) is 5.32 Å². The van der Waals surface area contributed by atoms with Gasteiger partial charge in [0.2, 0.25) is 0 Å². The van der Waals surface area contributed by atoms with Crippen LogP contribution in [0, 0.1) is 6.92 Å². The smallest absolute Gasteiger partial charge is 0.264 e. The number of nitrogens with two attached hydrogens (primary N) is 1. The fourth-order valence-corrected chi connectivity index (χ4v) is 5.51. The number of carbonyl (C=O) groups is 2. The highest BCUT2D eigenvalue weighted by Crippen LogP contribution is 2.27. The SMILES string of the molecule is CCN(c1ccccc1)S(=O)(=O)c1cc(C(=O)Nc2sccc2C(N)=O)ccc1C. The van der Waals surface area contributed by atoms with Gasteiger partial charge in [0, 0.05) is 12.1 Å². The van der Waals surface area contributed by atoms with Crippen LogP contribution in [0.1, 0.15) is 33.2 Å². The van der Waals surface area contributed by atoms with Gasteiger partial charge in [-0.3, -0.25) is 13.9 Å². The van der Waals surface area contributed by atoms with E-state index in [0.717, 1.165) is 11.3 Å². The highest BCUT2D eigenvalue weighted by atomic mass is 32.2. The van der Waals surface area contributed by atoms with E-state index in [1.54, 1.807) is 55.6 Å². The quantitative estimate of drug-likeness (QED) is 0.581. The zero-order valence-electron chi connectivity index (χ0n) is 16.5. The molecular formula is C21H21N3O4S2. The molecule has 0 bridgehead atoms. The lowest BCUT2D eigenvalue weighted by molar-refractivity contribution is 0.100. The van der Waals surface area contributed by atoms with Gasteiger partial charge in [0.05, 0.1) is 16.1 Å². The molecule has 0 aliphatic carbocycles. The zero-order valence-corrected chi connectivity index (χ0v) is 18.1. The molecule has 0 saturated carbocycles. The molecule has 30 heavy (non-hydrogen) atoms. The van der Waals surface area contributed by atoms with Crippen LogP contribution in [0.4, 0.5) is 10.7 Å². The third kappa shape index (κ3) is 4.22. The van der Waals surface area contributed by atoms with E-state index in [4.69, 9.17) is 5.73 Å². The summed E-state index contributed by atoms with van der Waals surface area (Å²) in [7, 11) is -3.89. The number of thiophene rings is 1. The van der Waals surface area contributed by atoms with Crippen LogP contribution in [-0.2, 0) is 10.0 Å². The minimum absolute atomic E-state index is 0.0437. The Bertz CT molecular complexity index is 1190. The first-order valence-electron chi connectivity index (χ1n) is 9.12. The highest BCUT2D eigenvalue weighted by Gasteiger charge is 2.26. The summed E-state index contributed by atoms with van der Waals surface area (Å²) in [6, 6.07) is 14.8. The van der Waals surface area contributed by atoms with Gasteiger partial charge < -0.3 is 11.1 Å². The Balaban J connectivity index is 1.97. The van der Waals surface area contributed by atoms with Gasteiger partial charge >= 0.3 is 0 Å². The standard InChI is InChI=1S/C21H21N3O4S2/c1-3-24(16-7-5-4-6-8-16)30(27,28)18-13-15(10-9-14(18)2)20(26)23-21-17(19(22)25)11-12-29-21/h4-13H,3H2,1-2H3,(H2,22,25)(H,23,26). The van der Waals surface area contributed by atoms with Crippen molar-refractivity contribution in [1.82, 2.24) is 0 Å². The Morgan fingerprint density at radius 3 is 2.43 bits per heavy atom. The maximum absolute atomic E-state index is 13.4. The number of rotatable bonds is 7. The van der Waals surface area contributed by atoms with Crippen LogP contribution >= 0.6 is 11.3 Å². The van der Waals surface area contributed by atoms with Crippen molar-refractivity contribution in [3.05, 3.63) is 76.7 Å². The van der Waals surface area contributed by atoms with Crippen molar-refractivity contribution in [2.45, 2.75) is 18.7 Å². The summed E-state index contributed by atoms with van der Waals surface area (Å²) >= 11 is 1.16. The minimum Gasteiger partial charge on any atom is -0.366 e. The van der Waals surface area contributed by atoms with E-state index in [9.17, 15) is 18.0 Å². The molecule has 3 N–H and O–H groups in total. The number of hydrogen-bond donors (Lipinski definition) is 2. The molecule has 2 amide bonds. The number of sulfonamides is 1. The number of amides is 2. The molecule has 0 saturated heterocycles. The molecule has 7 nitrogen and oxygen atoms in total. The van der Waals surface area contributed by atoms with Crippen LogP contribution in [0.5, 0.6) is 0 Å². The number of carbonyl (C=O) groups excluding carboxylic acids is 2. The molecule has 3 aromatic rings. The van der Waals surface area contributed by atoms with Crippen molar-refractivity contribution in [1.29, 1.82) is 0 Å². The molecule has 156 valence electrons. The molecule has 0 radical (unpaired) electrons. The van der Waals surface area contributed by atoms with Crippen molar-refractivity contribution >= 4 is 43.9 Å². The molecule has 0 aliphatic rings. The molecule has 1 heterocycles. The van der Waals surface area contributed by atoms with E-state index < -0.39 is 21.8 Å². The molecule has 1 aromatic heterocycles. The van der Waals surface area contributed by atoms with Gasteiger partial charge in [-0.2, -0.15) is 0 Å². The van der Waals surface area contributed by atoms with Crippen LogP contribution in [0.3, 0.4) is 0 Å². The van der Waals surface area contributed by atoms with Crippen LogP contribution in [0.25, 0.3) is 0 Å². The number of anilines is 2. The van der Waals surface area contributed by atoms with Gasteiger partial charge in [-0.05, 0) is 55.1 Å². The second-order valence-corrected chi connectivity index (χ2v) is 9.21. The average Bonchev–Trinajstić information content (AvgIpc) is 3.17. The molecular weight excluding hydrogens is 422 g/mol. The van der Waals surface area contributed by atoms with Crippen LogP contribution < -0.4 is 15.4 Å². The van der Waals surface area contributed by atoms with Gasteiger partial charge in [-0.25, -0.2) is 8.42 Å². The lowest BCUT2D eigenvalue weighted by atomic mass is 10.1. The highest BCUT2D eigenvalue weighted by molar-refractivity contribution is 7.92. The molecule has 2 aromatic carbocycles. The largest absolute Gasteiger partial charge is 0.366 e. The van der Waals surface area contributed by atoms with Gasteiger partial charge in [-0.15, -0.1) is 11.3 Å². The van der Waals surface area contributed by atoms with E-state index in [1.165, 1.54) is 16.4 Å². The first-order chi connectivity index (χ1) is 14.3. The zero-order chi connectivity index (χ0) is 21.9. The third-order valence-electron chi connectivity index (χ3n) is 4.51. The summed E-state index contributed by atoms with van der Waals surface area (Å²) in [5, 5.41) is 4.59.